The predicted octanol–water partition coefficient (Wildman–Crippen LogP) is 4.05. The minimum absolute atomic E-state index is 0.0424. The molecule has 0 bridgehead atoms. The number of benzene rings is 1. The van der Waals surface area contributed by atoms with Crippen LogP contribution in [0.3, 0.4) is 0 Å². The van der Waals surface area contributed by atoms with Gasteiger partial charge in [-0.05, 0) is 57.9 Å². The van der Waals surface area contributed by atoms with Crippen molar-refractivity contribution in [2.24, 2.45) is 0 Å². The van der Waals surface area contributed by atoms with Gasteiger partial charge in [0.1, 0.15) is 0 Å². The second kappa shape index (κ2) is 7.16. The van der Waals surface area contributed by atoms with Crippen LogP contribution in [0, 0.1) is 0 Å². The Morgan fingerprint density at radius 1 is 1.00 bits per heavy atom. The maximum absolute atomic E-state index is 13.1. The molecule has 1 aromatic rings. The number of hydrogen-bond donors (Lipinski definition) is 0. The molecule has 0 saturated heterocycles. The Balaban J connectivity index is 2.24. The van der Waals surface area contributed by atoms with E-state index in [1.807, 2.05) is 4.90 Å². The molecule has 1 aliphatic carbocycles. The van der Waals surface area contributed by atoms with Crippen LogP contribution in [-0.4, -0.2) is 35.5 Å². The number of ether oxygens (including phenoxy) is 1. The van der Waals surface area contributed by atoms with Gasteiger partial charge in [0.2, 0.25) is 0 Å². The first-order chi connectivity index (χ1) is 10.8. The summed E-state index contributed by atoms with van der Waals surface area (Å²) in [5.74, 6) is -0.343. The molecular formula is C19H27NO3. The molecule has 0 unspecified atom stereocenters. The Labute approximate surface area is 138 Å². The summed E-state index contributed by atoms with van der Waals surface area (Å²) in [5, 5.41) is 0. The van der Waals surface area contributed by atoms with Crippen LogP contribution in [0.1, 0.15) is 73.6 Å². The molecule has 0 heterocycles. The van der Waals surface area contributed by atoms with E-state index in [1.54, 1.807) is 24.3 Å². The highest BCUT2D eigenvalue weighted by Gasteiger charge is 2.34. The molecule has 0 radical (unpaired) electrons. The zero-order chi connectivity index (χ0) is 17.0. The number of esters is 1. The SMILES string of the molecule is COC(=O)c1ccc(C(=O)N(C2CCCCC2)C(C)(C)C)cc1. The average Bonchev–Trinajstić information content (AvgIpc) is 2.54. The van der Waals surface area contributed by atoms with Gasteiger partial charge >= 0.3 is 5.97 Å². The van der Waals surface area contributed by atoms with Crippen molar-refractivity contribution in [2.75, 3.05) is 7.11 Å². The molecule has 1 aliphatic rings. The molecule has 126 valence electrons. The number of nitrogens with zero attached hydrogens (tertiary/aromatic N) is 1. The molecule has 0 N–H and O–H groups in total. The predicted molar refractivity (Wildman–Crippen MR) is 90.6 cm³/mol. The van der Waals surface area contributed by atoms with E-state index in [9.17, 15) is 9.59 Å². The lowest BCUT2D eigenvalue weighted by atomic mass is 9.90. The van der Waals surface area contributed by atoms with Gasteiger partial charge in [0.05, 0.1) is 12.7 Å². The monoisotopic (exact) mass is 317 g/mol. The molecule has 0 aromatic heterocycles. The quantitative estimate of drug-likeness (QED) is 0.790. The van der Waals surface area contributed by atoms with E-state index in [4.69, 9.17) is 4.74 Å². The van der Waals surface area contributed by atoms with Crippen molar-refractivity contribution in [3.63, 3.8) is 0 Å². The van der Waals surface area contributed by atoms with Crippen molar-refractivity contribution in [2.45, 2.75) is 64.5 Å². The Morgan fingerprint density at radius 3 is 2.00 bits per heavy atom. The van der Waals surface area contributed by atoms with Crippen molar-refractivity contribution in [1.82, 2.24) is 4.90 Å². The molecule has 0 atom stereocenters. The maximum atomic E-state index is 13.1. The van der Waals surface area contributed by atoms with Gasteiger partial charge in [0.25, 0.3) is 5.91 Å². The van der Waals surface area contributed by atoms with Gasteiger partial charge in [-0.1, -0.05) is 19.3 Å². The normalized spacial score (nSPS) is 16.0. The van der Waals surface area contributed by atoms with Gasteiger partial charge < -0.3 is 9.64 Å². The molecule has 1 aromatic carbocycles. The Morgan fingerprint density at radius 2 is 1.52 bits per heavy atom. The standard InChI is InChI=1S/C19H27NO3/c1-19(2,3)20(16-8-6-5-7-9-16)17(21)14-10-12-15(13-11-14)18(22)23-4/h10-13,16H,5-9H2,1-4H3. The molecule has 0 spiro atoms. The summed E-state index contributed by atoms with van der Waals surface area (Å²) in [5.41, 5.74) is 0.863. The first-order valence-electron chi connectivity index (χ1n) is 8.36. The second-order valence-corrected chi connectivity index (χ2v) is 7.21. The molecule has 4 heteroatoms. The second-order valence-electron chi connectivity index (χ2n) is 7.21. The number of methoxy groups -OCH3 is 1. The third-order valence-corrected chi connectivity index (χ3v) is 4.43. The lowest BCUT2D eigenvalue weighted by Gasteiger charge is -2.43. The van der Waals surface area contributed by atoms with Crippen molar-refractivity contribution < 1.29 is 14.3 Å². The van der Waals surface area contributed by atoms with E-state index >= 15 is 0 Å². The van der Waals surface area contributed by atoms with Gasteiger partial charge in [0, 0.05) is 17.1 Å². The molecule has 1 amide bonds. The van der Waals surface area contributed by atoms with Crippen molar-refractivity contribution >= 4 is 11.9 Å². The summed E-state index contributed by atoms with van der Waals surface area (Å²) in [6, 6.07) is 7.05. The van der Waals surface area contributed by atoms with Gasteiger partial charge in [-0.25, -0.2) is 4.79 Å². The van der Waals surface area contributed by atoms with Crippen LogP contribution in [-0.2, 0) is 4.74 Å². The van der Waals surface area contributed by atoms with E-state index in [1.165, 1.54) is 26.4 Å². The van der Waals surface area contributed by atoms with E-state index in [0.29, 0.717) is 17.2 Å². The van der Waals surface area contributed by atoms with Crippen LogP contribution in [0.4, 0.5) is 0 Å². The fourth-order valence-corrected chi connectivity index (χ4v) is 3.36. The van der Waals surface area contributed by atoms with E-state index in [2.05, 4.69) is 20.8 Å². The van der Waals surface area contributed by atoms with Crippen LogP contribution in [0.2, 0.25) is 0 Å². The zero-order valence-electron chi connectivity index (χ0n) is 14.6. The Hall–Kier alpha value is -1.84. The third-order valence-electron chi connectivity index (χ3n) is 4.43. The van der Waals surface area contributed by atoms with E-state index in [0.717, 1.165) is 12.8 Å². The average molecular weight is 317 g/mol. The molecule has 0 aliphatic heterocycles. The number of carbonyl (C=O) groups is 2. The molecule has 23 heavy (non-hydrogen) atoms. The van der Waals surface area contributed by atoms with Crippen molar-refractivity contribution in [1.29, 1.82) is 0 Å². The minimum Gasteiger partial charge on any atom is -0.465 e. The van der Waals surface area contributed by atoms with Crippen LogP contribution in [0.5, 0.6) is 0 Å². The first kappa shape index (κ1) is 17.5. The number of carbonyl (C=O) groups excluding carboxylic acids is 2. The first-order valence-corrected chi connectivity index (χ1v) is 8.36. The lowest BCUT2D eigenvalue weighted by molar-refractivity contribution is 0.0366. The number of hydrogen-bond acceptors (Lipinski definition) is 3. The molecule has 2 rings (SSSR count). The lowest BCUT2D eigenvalue weighted by Crippen LogP contribution is -2.52. The largest absolute Gasteiger partial charge is 0.465 e. The summed E-state index contributed by atoms with van der Waals surface area (Å²) < 4.78 is 4.70. The maximum Gasteiger partial charge on any atom is 0.337 e. The highest BCUT2D eigenvalue weighted by Crippen LogP contribution is 2.29. The summed E-state index contributed by atoms with van der Waals surface area (Å²) in [6.07, 6.45) is 5.78. The zero-order valence-corrected chi connectivity index (χ0v) is 14.6. The topological polar surface area (TPSA) is 46.6 Å². The molecular weight excluding hydrogens is 290 g/mol. The smallest absolute Gasteiger partial charge is 0.337 e. The van der Waals surface area contributed by atoms with E-state index < -0.39 is 0 Å². The summed E-state index contributed by atoms with van der Waals surface area (Å²) in [7, 11) is 1.35. The van der Waals surface area contributed by atoms with Crippen LogP contribution < -0.4 is 0 Å². The van der Waals surface area contributed by atoms with Crippen LogP contribution in [0.15, 0.2) is 24.3 Å². The number of rotatable bonds is 3. The highest BCUT2D eigenvalue weighted by atomic mass is 16.5. The highest BCUT2D eigenvalue weighted by molar-refractivity contribution is 5.96. The van der Waals surface area contributed by atoms with Crippen molar-refractivity contribution in [3.8, 4) is 0 Å². The fraction of sp³-hybridized carbons (Fsp3) is 0.579. The fourth-order valence-electron chi connectivity index (χ4n) is 3.36. The van der Waals surface area contributed by atoms with Gasteiger partial charge in [0.15, 0.2) is 0 Å². The van der Waals surface area contributed by atoms with Crippen LogP contribution in [0.25, 0.3) is 0 Å². The molecule has 1 saturated carbocycles. The molecule has 4 nitrogen and oxygen atoms in total. The van der Waals surface area contributed by atoms with Crippen molar-refractivity contribution in [3.05, 3.63) is 35.4 Å². The van der Waals surface area contributed by atoms with E-state index in [-0.39, 0.29) is 17.4 Å². The summed E-state index contributed by atoms with van der Waals surface area (Å²) in [4.78, 5) is 26.6. The summed E-state index contributed by atoms with van der Waals surface area (Å²) >= 11 is 0. The van der Waals surface area contributed by atoms with Gasteiger partial charge in [-0.3, -0.25) is 4.79 Å². The Kier molecular flexibility index (Phi) is 5.45. The van der Waals surface area contributed by atoms with Crippen LogP contribution >= 0.6 is 0 Å². The molecule has 1 fully saturated rings. The Bertz CT molecular complexity index is 551. The third kappa shape index (κ3) is 4.12. The van der Waals surface area contributed by atoms with Gasteiger partial charge in [-0.2, -0.15) is 0 Å². The minimum atomic E-state index is -0.385. The van der Waals surface area contributed by atoms with Gasteiger partial charge in [-0.15, -0.1) is 0 Å². The summed E-state index contributed by atoms with van der Waals surface area (Å²) in [6.45, 7) is 6.26. The number of amides is 1.